The predicted octanol–water partition coefficient (Wildman–Crippen LogP) is 0.0872. The van der Waals surface area contributed by atoms with Gasteiger partial charge < -0.3 is 20.1 Å². The molecule has 0 aliphatic heterocycles. The number of aliphatic carboxylic acids is 1. The largest absolute Gasteiger partial charge is 0.481 e. The van der Waals surface area contributed by atoms with Crippen molar-refractivity contribution in [3.05, 3.63) is 0 Å². The summed E-state index contributed by atoms with van der Waals surface area (Å²) >= 11 is 7.09. The van der Waals surface area contributed by atoms with E-state index in [-0.39, 0.29) is 24.1 Å². The lowest BCUT2D eigenvalue weighted by molar-refractivity contribution is -0.140. The number of carboxylic acids is 1. The van der Waals surface area contributed by atoms with Gasteiger partial charge in [0.1, 0.15) is 0 Å². The third kappa shape index (κ3) is 66.5. The SMILES string of the molecule is CCO.CCOC(=O)CS.CO.O=C(O)CS. The van der Waals surface area contributed by atoms with Crippen molar-refractivity contribution < 1.29 is 29.6 Å². The highest BCUT2D eigenvalue weighted by molar-refractivity contribution is 7.81. The molecule has 0 amide bonds. The number of aliphatic hydroxyl groups excluding tert-OH is 2. The summed E-state index contributed by atoms with van der Waals surface area (Å²) in [4.78, 5) is 19.4. The third-order valence-corrected chi connectivity index (χ3v) is 1.10. The standard InChI is InChI=1S/C4H8O2S.C2H4O2S.C2H6O.CH4O/c1-2-6-4(5)3-7;3-2(4)1-5;1-2-3;1-2/h7H,2-3H2,1H3;5H,1H2,(H,3,4);3H,2H2,1H3;2H,1H3. The van der Waals surface area contributed by atoms with E-state index in [1.54, 1.807) is 13.8 Å². The van der Waals surface area contributed by atoms with Crippen molar-refractivity contribution >= 4 is 37.2 Å². The Balaban J connectivity index is -0.0000000743. The average molecular weight is 290 g/mol. The maximum atomic E-state index is 10.1. The van der Waals surface area contributed by atoms with Crippen LogP contribution in [0.15, 0.2) is 0 Å². The molecule has 106 valence electrons. The molecule has 0 bridgehead atoms. The number of hydrogen-bond donors (Lipinski definition) is 5. The summed E-state index contributed by atoms with van der Waals surface area (Å²) in [6, 6.07) is 0. The minimum Gasteiger partial charge on any atom is -0.481 e. The maximum absolute atomic E-state index is 10.1. The lowest BCUT2D eigenvalue weighted by Gasteiger charge is -1.93. The van der Waals surface area contributed by atoms with Crippen molar-refractivity contribution in [2.24, 2.45) is 0 Å². The number of carbonyl (C=O) groups is 2. The topological polar surface area (TPSA) is 104 Å². The highest BCUT2D eigenvalue weighted by Crippen LogP contribution is 1.78. The number of hydrogen-bond acceptors (Lipinski definition) is 7. The van der Waals surface area contributed by atoms with Gasteiger partial charge in [-0.3, -0.25) is 9.59 Å². The van der Waals surface area contributed by atoms with Gasteiger partial charge >= 0.3 is 11.9 Å². The zero-order chi connectivity index (χ0) is 14.7. The Morgan fingerprint density at radius 2 is 1.41 bits per heavy atom. The molecule has 0 aliphatic rings. The molecule has 0 aromatic rings. The number of rotatable bonds is 3. The Morgan fingerprint density at radius 3 is 1.47 bits per heavy atom. The summed E-state index contributed by atoms with van der Waals surface area (Å²) in [5.41, 5.74) is 0. The van der Waals surface area contributed by atoms with Gasteiger partial charge in [0.05, 0.1) is 18.1 Å². The molecule has 0 heterocycles. The van der Waals surface area contributed by atoms with E-state index >= 15 is 0 Å². The van der Waals surface area contributed by atoms with Crippen molar-refractivity contribution in [2.75, 3.05) is 31.8 Å². The quantitative estimate of drug-likeness (QED) is 0.373. The van der Waals surface area contributed by atoms with Crippen molar-refractivity contribution in [2.45, 2.75) is 13.8 Å². The molecule has 0 saturated carbocycles. The van der Waals surface area contributed by atoms with Crippen LogP contribution in [0.1, 0.15) is 13.8 Å². The number of carbonyl (C=O) groups excluding carboxylic acids is 1. The molecule has 0 aliphatic carbocycles. The monoisotopic (exact) mass is 290 g/mol. The lowest BCUT2D eigenvalue weighted by atomic mass is 10.8. The first-order valence-electron chi connectivity index (χ1n) is 4.64. The minimum atomic E-state index is -0.881. The van der Waals surface area contributed by atoms with E-state index in [9.17, 15) is 9.59 Å². The number of esters is 1. The average Bonchev–Trinajstić information content (AvgIpc) is 2.33. The molecule has 0 rings (SSSR count). The molecule has 0 saturated heterocycles. The van der Waals surface area contributed by atoms with E-state index in [1.807, 2.05) is 0 Å². The van der Waals surface area contributed by atoms with Crippen LogP contribution in [0.2, 0.25) is 0 Å². The molecule has 0 aromatic heterocycles. The molecule has 0 spiro atoms. The van der Waals surface area contributed by atoms with E-state index < -0.39 is 5.97 Å². The molecule has 3 N–H and O–H groups in total. The number of thiol groups is 2. The summed E-state index contributed by atoms with van der Waals surface area (Å²) in [6.45, 7) is 4.14. The highest BCUT2D eigenvalue weighted by atomic mass is 32.1. The molecule has 17 heavy (non-hydrogen) atoms. The molecular formula is C9H22O6S2. The summed E-state index contributed by atoms with van der Waals surface area (Å²) in [5.74, 6) is -1.05. The second-order valence-electron chi connectivity index (χ2n) is 1.83. The normalized spacial score (nSPS) is 7.00. The first-order valence-corrected chi connectivity index (χ1v) is 5.91. The highest BCUT2D eigenvalue weighted by Gasteiger charge is 1.91. The van der Waals surface area contributed by atoms with Gasteiger partial charge in [0.25, 0.3) is 0 Å². The van der Waals surface area contributed by atoms with Gasteiger partial charge in [0.15, 0.2) is 0 Å². The molecule has 0 fully saturated rings. The minimum absolute atomic E-state index is 0.0833. The molecule has 0 atom stereocenters. The van der Waals surface area contributed by atoms with Crippen LogP contribution in [-0.2, 0) is 14.3 Å². The Kier molecular flexibility index (Phi) is 44.2. The van der Waals surface area contributed by atoms with Crippen LogP contribution in [0.4, 0.5) is 0 Å². The molecule has 8 heteroatoms. The smallest absolute Gasteiger partial charge is 0.315 e. The summed E-state index contributed by atoms with van der Waals surface area (Å²) in [6.07, 6.45) is 0. The molecule has 6 nitrogen and oxygen atoms in total. The van der Waals surface area contributed by atoms with Gasteiger partial charge in [-0.1, -0.05) is 0 Å². The van der Waals surface area contributed by atoms with Gasteiger partial charge in [-0.25, -0.2) is 0 Å². The second kappa shape index (κ2) is 29.6. The van der Waals surface area contributed by atoms with E-state index in [2.05, 4.69) is 30.0 Å². The van der Waals surface area contributed by atoms with Crippen molar-refractivity contribution in [1.82, 2.24) is 0 Å². The van der Waals surface area contributed by atoms with Crippen LogP contribution in [0, 0.1) is 0 Å². The summed E-state index contributed by atoms with van der Waals surface area (Å²) in [5, 5.41) is 22.2. The second-order valence-corrected chi connectivity index (χ2v) is 2.46. The van der Waals surface area contributed by atoms with Gasteiger partial charge in [0, 0.05) is 13.7 Å². The fourth-order valence-corrected chi connectivity index (χ4v) is 0.298. The van der Waals surface area contributed by atoms with Gasteiger partial charge in [-0.15, -0.1) is 0 Å². The molecule has 0 aromatic carbocycles. The van der Waals surface area contributed by atoms with Crippen molar-refractivity contribution in [3.63, 3.8) is 0 Å². The van der Waals surface area contributed by atoms with Crippen LogP contribution in [0.25, 0.3) is 0 Å². The maximum Gasteiger partial charge on any atom is 0.315 e. The zero-order valence-electron chi connectivity index (χ0n) is 10.3. The lowest BCUT2D eigenvalue weighted by Crippen LogP contribution is -2.03. The summed E-state index contributed by atoms with van der Waals surface area (Å²) < 4.78 is 4.48. The predicted molar refractivity (Wildman–Crippen MR) is 72.9 cm³/mol. The first-order chi connectivity index (χ1) is 7.99. The zero-order valence-corrected chi connectivity index (χ0v) is 12.1. The fraction of sp³-hybridized carbons (Fsp3) is 0.778. The van der Waals surface area contributed by atoms with Crippen LogP contribution in [-0.4, -0.2) is 59.1 Å². The van der Waals surface area contributed by atoms with E-state index in [0.29, 0.717) is 6.61 Å². The van der Waals surface area contributed by atoms with E-state index in [0.717, 1.165) is 7.11 Å². The number of carboxylic acid groups (broad SMARTS) is 1. The first kappa shape index (κ1) is 25.4. The van der Waals surface area contributed by atoms with Crippen LogP contribution >= 0.6 is 25.3 Å². The van der Waals surface area contributed by atoms with Crippen LogP contribution in [0.5, 0.6) is 0 Å². The fourth-order valence-electron chi connectivity index (χ4n) is 0.207. The Morgan fingerprint density at radius 1 is 1.12 bits per heavy atom. The van der Waals surface area contributed by atoms with Crippen LogP contribution in [0.3, 0.4) is 0 Å². The Hall–Kier alpha value is -0.440. The van der Waals surface area contributed by atoms with E-state index in [4.69, 9.17) is 15.3 Å². The van der Waals surface area contributed by atoms with Crippen molar-refractivity contribution in [3.8, 4) is 0 Å². The molecular weight excluding hydrogens is 268 g/mol. The van der Waals surface area contributed by atoms with Crippen molar-refractivity contribution in [1.29, 1.82) is 0 Å². The van der Waals surface area contributed by atoms with Gasteiger partial charge in [0.2, 0.25) is 0 Å². The Bertz CT molecular complexity index is 154. The number of aliphatic hydroxyl groups is 2. The number of ether oxygens (including phenoxy) is 1. The van der Waals surface area contributed by atoms with Gasteiger partial charge in [-0.05, 0) is 13.8 Å². The Labute approximate surface area is 113 Å². The summed E-state index contributed by atoms with van der Waals surface area (Å²) in [7, 11) is 1.00. The molecule has 0 radical (unpaired) electrons. The molecule has 0 unspecified atom stereocenters. The van der Waals surface area contributed by atoms with E-state index in [1.165, 1.54) is 0 Å². The third-order valence-electron chi connectivity index (χ3n) is 0.570. The van der Waals surface area contributed by atoms with Crippen LogP contribution < -0.4 is 0 Å². The van der Waals surface area contributed by atoms with Gasteiger partial charge in [-0.2, -0.15) is 25.3 Å².